The van der Waals surface area contributed by atoms with Gasteiger partial charge in [0.1, 0.15) is 34.3 Å². The topological polar surface area (TPSA) is 440 Å². The maximum Gasteiger partial charge on any atom is 0.417 e. The molecule has 4 aromatic heterocycles. The summed E-state index contributed by atoms with van der Waals surface area (Å²) >= 11 is 7.31. The van der Waals surface area contributed by atoms with E-state index in [1.807, 2.05) is 39.8 Å². The highest BCUT2D eigenvalue weighted by Gasteiger charge is 2.38. The van der Waals surface area contributed by atoms with Crippen molar-refractivity contribution in [1.29, 1.82) is 5.26 Å². The molecule has 6 amide bonds. The first-order chi connectivity index (χ1) is 64.0. The lowest BCUT2D eigenvalue weighted by Gasteiger charge is -2.22. The van der Waals surface area contributed by atoms with E-state index in [1.54, 1.807) is 151 Å². The number of hydrogen-bond donors (Lipinski definition) is 7. The normalized spacial score (nSPS) is 15.4. The maximum atomic E-state index is 13.5. The van der Waals surface area contributed by atoms with Gasteiger partial charge in [-0.15, -0.1) is 10.2 Å². The Hall–Kier alpha value is -13.1. The van der Waals surface area contributed by atoms with Gasteiger partial charge in [-0.25, -0.2) is 69.5 Å². The molecule has 0 aliphatic carbocycles. The predicted molar refractivity (Wildman–Crippen MR) is 541 cm³/mol. The van der Waals surface area contributed by atoms with Crippen LogP contribution in [0.1, 0.15) is 188 Å². The van der Waals surface area contributed by atoms with Crippen LogP contribution in [0, 0.1) is 69.2 Å². The first kappa shape index (κ1) is 117. The quantitative estimate of drug-likeness (QED) is 0.0161. The lowest BCUT2D eigenvalue weighted by atomic mass is 10.1. The second kappa shape index (κ2) is 50.7. The second-order valence-corrected chi connectivity index (χ2v) is 39.2. The third-order valence-corrected chi connectivity index (χ3v) is 24.4. The molecule has 6 aromatic carbocycles. The molecule has 4 atom stereocenters. The Morgan fingerprint density at radius 3 is 1.31 bits per heavy atom. The Kier molecular flexibility index (Phi) is 42.5. The van der Waals surface area contributed by atoms with Crippen LogP contribution in [-0.4, -0.2) is 167 Å². The number of alkyl carbamates (subject to hydrolysis) is 2. The third-order valence-electron chi connectivity index (χ3n) is 20.6. The number of fused-ring (bicyclic) bond motifs is 2. The van der Waals surface area contributed by atoms with E-state index in [1.165, 1.54) is 68.5 Å². The number of carbonyl (C=O) groups is 6. The molecular formula is C96H118Cl2F3IN20O16S2. The van der Waals surface area contributed by atoms with Crippen LogP contribution in [-0.2, 0) is 66.7 Å². The number of H-pyrrole nitrogens is 2. The fraction of sp³-hybridized carbons (Fsp3) is 0.417. The second-order valence-electron chi connectivity index (χ2n) is 33.5. The lowest BCUT2D eigenvalue weighted by molar-refractivity contribution is -0.138. The Labute approximate surface area is 836 Å². The summed E-state index contributed by atoms with van der Waals surface area (Å²) in [5, 5.41) is 25.5. The number of anilines is 3. The summed E-state index contributed by atoms with van der Waals surface area (Å²) in [6.45, 7) is 50.9. The molecule has 10 aromatic rings. The molecule has 8 heterocycles. The molecule has 0 radical (unpaired) electrons. The van der Waals surface area contributed by atoms with E-state index in [2.05, 4.69) is 70.2 Å². The van der Waals surface area contributed by atoms with Gasteiger partial charge in [0.15, 0.2) is 39.7 Å². The zero-order valence-corrected chi connectivity index (χ0v) is 82.3. The molecule has 44 heteroatoms. The summed E-state index contributed by atoms with van der Waals surface area (Å²) in [6.07, 6.45) is -1.57. The Morgan fingerprint density at radius 2 is 0.950 bits per heavy atom. The number of imidazole rings is 2. The van der Waals surface area contributed by atoms with Crippen LogP contribution in [0.15, 0.2) is 129 Å². The van der Waals surface area contributed by atoms with Crippen LogP contribution in [0.2, 0.25) is 0 Å². The Bertz CT molecular complexity index is 6750. The van der Waals surface area contributed by atoms with Crippen LogP contribution in [0.25, 0.3) is 48.3 Å². The van der Waals surface area contributed by atoms with Gasteiger partial charge < -0.3 is 59.6 Å². The maximum absolute atomic E-state index is 13.5. The first-order valence-electron chi connectivity index (χ1n) is 42.7. The minimum absolute atomic E-state index is 0. The molecule has 140 heavy (non-hydrogen) atoms. The van der Waals surface area contributed by atoms with Crippen molar-refractivity contribution in [3.8, 4) is 40.3 Å². The largest absolute Gasteiger partial charge is 0.493 e. The number of nitriles is 1. The van der Waals surface area contributed by atoms with Crippen molar-refractivity contribution in [1.82, 2.24) is 64.7 Å². The zero-order valence-electron chi connectivity index (χ0n) is 77.0. The summed E-state index contributed by atoms with van der Waals surface area (Å²) in [4.78, 5) is 128. The van der Waals surface area contributed by atoms with Crippen LogP contribution >= 0.6 is 45.0 Å². The van der Waals surface area contributed by atoms with Gasteiger partial charge in [0.05, 0.1) is 94.5 Å². The van der Waals surface area contributed by atoms with Gasteiger partial charge in [-0.2, -0.15) is 18.4 Å². The number of amides is 6. The summed E-state index contributed by atoms with van der Waals surface area (Å²) < 4.78 is 115. The highest BCUT2D eigenvalue weighted by Crippen LogP contribution is 2.38. The van der Waals surface area contributed by atoms with Crippen molar-refractivity contribution in [2.75, 3.05) is 54.1 Å². The van der Waals surface area contributed by atoms with Crippen LogP contribution in [0.5, 0.6) is 11.5 Å². The van der Waals surface area contributed by atoms with Crippen molar-refractivity contribution in [2.24, 2.45) is 0 Å². The van der Waals surface area contributed by atoms with Crippen LogP contribution < -0.4 is 60.8 Å². The van der Waals surface area contributed by atoms with Crippen LogP contribution in [0.3, 0.4) is 0 Å². The number of nitrogens with one attached hydrogen (secondary N) is 7. The number of aromatic nitrogens is 8. The number of rotatable bonds is 20. The van der Waals surface area contributed by atoms with Gasteiger partial charge in [-0.1, -0.05) is 61.8 Å². The lowest BCUT2D eigenvalue weighted by Crippen LogP contribution is -2.40. The number of aryl methyl sites for hydroxylation is 7. The van der Waals surface area contributed by atoms with Gasteiger partial charge in [-0.3, -0.25) is 28.8 Å². The van der Waals surface area contributed by atoms with Crippen molar-refractivity contribution >= 4 is 145 Å². The van der Waals surface area contributed by atoms with E-state index >= 15 is 0 Å². The third kappa shape index (κ3) is 31.0. The average Bonchev–Trinajstić information content (AvgIpc) is 1.62. The Balaban J connectivity index is 0.000000310. The molecule has 14 rings (SSSR count). The number of ether oxygens (including phenoxy) is 4. The first-order valence-corrected chi connectivity index (χ1v) is 48.0. The van der Waals surface area contributed by atoms with E-state index < -0.39 is 65.8 Å². The number of aromatic amines is 2. The van der Waals surface area contributed by atoms with Gasteiger partial charge >= 0.3 is 18.4 Å². The van der Waals surface area contributed by atoms with Crippen molar-refractivity contribution in [2.45, 2.75) is 236 Å². The summed E-state index contributed by atoms with van der Waals surface area (Å²) in [6, 6.07) is 28.3. The summed E-state index contributed by atoms with van der Waals surface area (Å²) in [5.41, 5.74) is 5.72. The van der Waals surface area contributed by atoms with Gasteiger partial charge in [0, 0.05) is 108 Å². The molecule has 4 aliphatic heterocycles. The predicted octanol–water partition coefficient (Wildman–Crippen LogP) is 18.1. The molecule has 4 fully saturated rings. The molecule has 0 bridgehead atoms. The molecule has 0 saturated carbocycles. The van der Waals surface area contributed by atoms with Crippen molar-refractivity contribution in [3.63, 3.8) is 0 Å². The van der Waals surface area contributed by atoms with E-state index in [0.717, 1.165) is 47.0 Å². The average molecular weight is 2130 g/mol. The van der Waals surface area contributed by atoms with Gasteiger partial charge in [0.25, 0.3) is 20.2 Å². The number of benzene rings is 6. The monoisotopic (exact) mass is 2120 g/mol. The summed E-state index contributed by atoms with van der Waals surface area (Å²) in [5.74, 6) is 2.10. The van der Waals surface area contributed by atoms with Gasteiger partial charge in [-0.05, 0) is 245 Å². The molecule has 0 spiro atoms. The van der Waals surface area contributed by atoms with E-state index in [9.17, 15) is 68.4 Å². The number of alkyl halides is 3. The SMILES string of the molecule is C.C.C.C.CC(C)(C)OC(=O)NC1CNC(=O)C1.CCCc1nc(C)c2c(=O)[nH]c(-c3cc(S(=O)(=O)Cl)ccc3OCC)nn12.N#Cc1ccc(I)cc1C(F)(F)F.[C-]#[N+]c1ccc(N2CC(NC(=O)OC(C)(C)C)CC2=O)cc1C.[C-]#[N+]c1ccc(N2CC(NCl)CC2=O)cc1C.[C-]#[N+]c1ccc(N2CC(NS(=O)(=O)c3ccc(OCC)c(-c4nn5c(CCC)nc(C)c5c(=O)[nH]4)c3)CC2=O)cc1C. The molecule has 752 valence electrons. The fourth-order valence-corrected chi connectivity index (χ4v) is 17.1. The number of carbonyl (C=O) groups excluding carboxylic acids is 6. The summed E-state index contributed by atoms with van der Waals surface area (Å²) in [7, 11) is -2.57. The fourth-order valence-electron chi connectivity index (χ4n) is 14.5. The molecule has 4 saturated heterocycles. The highest BCUT2D eigenvalue weighted by molar-refractivity contribution is 14.1. The minimum atomic E-state index is -4.45. The van der Waals surface area contributed by atoms with Crippen molar-refractivity contribution < 1.29 is 77.7 Å². The molecule has 36 nitrogen and oxygen atoms in total. The zero-order chi connectivity index (χ0) is 100. The van der Waals surface area contributed by atoms with Crippen LogP contribution in [0.4, 0.5) is 56.9 Å². The standard InChI is InChI=1S/C29H31N7O5S.C17H19ClN4O4S.C17H21N3O3.C12H12ClN3O.C9H16N2O3.C8H3F3IN.4CH4/c1-6-8-25-31-18(4)27-29(38)32-28(33-36(25)27)22-15-21(10-12-24(22)41-7-2)42(39,40)34-19-14-26(37)35(16-19)20-9-11-23(30-5)17(3)13-20;1-4-6-14-19-10(3)15-17(23)20-16(21-22(14)15)12-9-11(27(18,24)25)7-8-13(12)26-5-2;1-11-8-13(6-7-14(11)18-5)20-10-12(9-15(20)21)19-16(22)23-17(2,3)4;1-8-5-10(3-4-11(8)14-2)16-7-9(15-13)6-12(16)17;1-9(2,3)14-8(13)11-6-4-7(12)10-5-6;9-8(10,11)7-3-6(12)2-1-5(7)4-13;;;;/h9-13,15,19,34H,6-8,14,16H2,1-4H3,(H,32,33,38);7-9H,4-6H2,1-3H3,(H,20,21,23);6-8,12H,9-10H2,1-4H3,(H,19,22);3-5,9,15H,6-7H2,1H3;6H,4-5H2,1-3H3,(H,10,12)(H,11,13);1-3H;4*1H4. The van der Waals surface area contributed by atoms with Crippen molar-refractivity contribution in [3.05, 3.63) is 219 Å². The molecule has 4 unspecified atom stereocenters. The van der Waals surface area contributed by atoms with E-state index in [-0.39, 0.29) is 123 Å². The van der Waals surface area contributed by atoms with E-state index in [0.29, 0.717) is 142 Å². The molecule has 7 N–H and O–H groups in total. The van der Waals surface area contributed by atoms with Gasteiger partial charge in [0.2, 0.25) is 33.7 Å². The molecule has 4 aliphatic rings. The number of hydrogen-bond acceptors (Lipinski definition) is 22. The van der Waals surface area contributed by atoms with E-state index in [4.69, 9.17) is 66.4 Å². The number of nitrogens with zero attached hydrogens (tertiary/aromatic N) is 13. The number of halogens is 6. The minimum Gasteiger partial charge on any atom is -0.493 e. The highest BCUT2D eigenvalue weighted by atomic mass is 127. The smallest absolute Gasteiger partial charge is 0.417 e. The Morgan fingerprint density at radius 1 is 0.557 bits per heavy atom. The molecular weight excluding hydrogens is 2010 g/mol. The number of sulfonamides is 1.